The van der Waals surface area contributed by atoms with Gasteiger partial charge in [0, 0.05) is 11.8 Å². The predicted molar refractivity (Wildman–Crippen MR) is 113 cm³/mol. The molecule has 0 aliphatic heterocycles. The molecule has 0 aliphatic carbocycles. The zero-order valence-electron chi connectivity index (χ0n) is 13.7. The fourth-order valence-corrected chi connectivity index (χ4v) is 4.00. The van der Waals surface area contributed by atoms with E-state index in [1.54, 1.807) is 25.0 Å². The maximum atomic E-state index is 5.87. The molecule has 1 unspecified atom stereocenters. The number of nitrogens with two attached hydrogens (primary N) is 1. The van der Waals surface area contributed by atoms with Crippen molar-refractivity contribution in [1.82, 2.24) is 29.3 Å². The topological polar surface area (TPSA) is 107 Å². The second-order valence-corrected chi connectivity index (χ2v) is 7.62. The van der Waals surface area contributed by atoms with E-state index < -0.39 is 0 Å². The summed E-state index contributed by atoms with van der Waals surface area (Å²) in [7, 11) is 0. The summed E-state index contributed by atoms with van der Waals surface area (Å²) >= 11 is 2.30. The zero-order valence-corrected chi connectivity index (χ0v) is 16.8. The highest BCUT2D eigenvalue weighted by molar-refractivity contribution is 14.2. The van der Waals surface area contributed by atoms with E-state index in [1.807, 2.05) is 29.5 Å². The number of pyridine rings is 2. The number of fused-ring (bicyclic) bond motifs is 1. The summed E-state index contributed by atoms with van der Waals surface area (Å²) in [6.45, 7) is 1.91. The Morgan fingerprint density at radius 3 is 2.92 bits per heavy atom. The maximum absolute atomic E-state index is 5.87. The lowest BCUT2D eigenvalue weighted by atomic mass is 10.1. The fraction of sp³-hybridized carbons (Fsp3) is 0.0625. The smallest absolute Gasteiger partial charge is 0.167 e. The lowest BCUT2D eigenvalue weighted by molar-refractivity contribution is 1.17. The van der Waals surface area contributed by atoms with E-state index >= 15 is 0 Å². The van der Waals surface area contributed by atoms with Gasteiger partial charge in [-0.1, -0.05) is 0 Å². The number of halogens is 1. The first-order valence-electron chi connectivity index (χ1n) is 7.66. The van der Waals surface area contributed by atoms with E-state index in [0.717, 1.165) is 33.8 Å². The number of imidazole rings is 1. The summed E-state index contributed by atoms with van der Waals surface area (Å²) in [6, 6.07) is 5.66. The minimum absolute atomic E-state index is 0.515. The van der Waals surface area contributed by atoms with Crippen molar-refractivity contribution >= 4 is 56.8 Å². The number of nitrogens with zero attached hydrogens (tertiary/aromatic N) is 6. The Morgan fingerprint density at radius 2 is 2.08 bits per heavy atom. The van der Waals surface area contributed by atoms with Crippen LogP contribution in [0.2, 0.25) is 0 Å². The van der Waals surface area contributed by atoms with E-state index in [-0.39, 0.29) is 0 Å². The first kappa shape index (κ1) is 17.0. The van der Waals surface area contributed by atoms with Crippen molar-refractivity contribution in [2.24, 2.45) is 0 Å². The van der Waals surface area contributed by atoms with Crippen molar-refractivity contribution in [1.29, 1.82) is 0 Å². The van der Waals surface area contributed by atoms with Gasteiger partial charge in [-0.05, 0) is 47.2 Å². The van der Waals surface area contributed by atoms with Gasteiger partial charge in [-0.2, -0.15) is 0 Å². The van der Waals surface area contributed by atoms with Crippen LogP contribution in [0.5, 0.6) is 0 Å². The van der Waals surface area contributed by atoms with Crippen LogP contribution in [0.25, 0.3) is 22.4 Å². The molecule has 8 nitrogen and oxygen atoms in total. The van der Waals surface area contributed by atoms with Crippen molar-refractivity contribution in [3.63, 3.8) is 0 Å². The first-order valence-corrected chi connectivity index (χ1v) is 11.7. The molecule has 0 amide bonds. The molecule has 0 bridgehead atoms. The van der Waals surface area contributed by atoms with Crippen LogP contribution in [-0.2, 0) is 0 Å². The Bertz CT molecular complexity index is 1100. The van der Waals surface area contributed by atoms with Crippen LogP contribution >= 0.6 is 28.4 Å². The normalized spacial score (nSPS) is 11.5. The van der Waals surface area contributed by atoms with Crippen LogP contribution in [-0.4, -0.2) is 29.3 Å². The van der Waals surface area contributed by atoms with Gasteiger partial charge in [0.05, 0.1) is 29.6 Å². The summed E-state index contributed by atoms with van der Waals surface area (Å²) < 4.78 is 2.00. The lowest BCUT2D eigenvalue weighted by Gasteiger charge is -2.12. The number of nitrogens with one attached hydrogen (secondary N) is 1. The molecule has 4 aromatic rings. The molecule has 4 aromatic heterocycles. The second kappa shape index (κ2) is 7.08. The molecule has 0 spiro atoms. The highest BCUT2D eigenvalue weighted by Gasteiger charge is 2.16. The van der Waals surface area contributed by atoms with Gasteiger partial charge in [-0.3, -0.25) is 9.32 Å². The number of nitrogen functional groups attached to an aromatic ring is 1. The largest absolute Gasteiger partial charge is 0.397 e. The Labute approximate surface area is 164 Å². The van der Waals surface area contributed by atoms with Crippen molar-refractivity contribution in [2.45, 2.75) is 6.92 Å². The SMILES string of the molecule is Cc1ncc(N)cc1Nc1ncccc1-c1ncnc2c1ncn2PI. The van der Waals surface area contributed by atoms with Crippen LogP contribution < -0.4 is 11.1 Å². The molecule has 1 atom stereocenters. The fourth-order valence-electron chi connectivity index (χ4n) is 2.59. The third-order valence-corrected chi connectivity index (χ3v) is 5.92. The molecule has 0 radical (unpaired) electrons. The van der Waals surface area contributed by atoms with Gasteiger partial charge in [-0.15, -0.1) is 0 Å². The minimum Gasteiger partial charge on any atom is -0.397 e. The summed E-state index contributed by atoms with van der Waals surface area (Å²) in [6.07, 6.45) is 7.20. The zero-order chi connectivity index (χ0) is 18.1. The van der Waals surface area contributed by atoms with E-state index in [0.29, 0.717) is 17.9 Å². The summed E-state index contributed by atoms with van der Waals surface area (Å²) in [5.41, 5.74) is 11.2. The second-order valence-electron chi connectivity index (χ2n) is 5.52. The van der Waals surface area contributed by atoms with Gasteiger partial charge >= 0.3 is 0 Å². The molecule has 3 N–H and O–H groups in total. The van der Waals surface area contributed by atoms with E-state index in [9.17, 15) is 0 Å². The Hall–Kier alpha value is -2.39. The molecule has 4 rings (SSSR count). The maximum Gasteiger partial charge on any atom is 0.167 e. The number of hydrogen-bond acceptors (Lipinski definition) is 7. The Kier molecular flexibility index (Phi) is 4.64. The minimum atomic E-state index is 0.515. The van der Waals surface area contributed by atoms with Gasteiger partial charge in [0.25, 0.3) is 0 Å². The van der Waals surface area contributed by atoms with Crippen LogP contribution in [0.1, 0.15) is 5.69 Å². The van der Waals surface area contributed by atoms with Crippen molar-refractivity contribution in [3.05, 3.63) is 48.9 Å². The highest BCUT2D eigenvalue weighted by Crippen LogP contribution is 2.34. The van der Waals surface area contributed by atoms with Gasteiger partial charge in [0.15, 0.2) is 5.65 Å². The standard InChI is InChI=1S/C16H14IN8P/c1-9-12(5-10(18)6-20-9)24-15-11(3-2-4-19-15)13-14-16(22-7-21-13)25(26-17)8-23-14/h2-8,26H,18H2,1H3,(H,19,24). The molecule has 0 saturated heterocycles. The summed E-state index contributed by atoms with van der Waals surface area (Å²) in [5, 5.41) is 3.32. The quantitative estimate of drug-likeness (QED) is 0.342. The number of rotatable bonds is 4. The Morgan fingerprint density at radius 1 is 1.19 bits per heavy atom. The van der Waals surface area contributed by atoms with E-state index in [2.05, 4.69) is 52.3 Å². The molecule has 0 aliphatic rings. The number of aromatic nitrogens is 6. The number of anilines is 3. The van der Waals surface area contributed by atoms with Crippen molar-refractivity contribution in [3.8, 4) is 11.3 Å². The monoisotopic (exact) mass is 476 g/mol. The van der Waals surface area contributed by atoms with Crippen LogP contribution in [0.4, 0.5) is 17.2 Å². The molecule has 26 heavy (non-hydrogen) atoms. The number of hydrogen-bond donors (Lipinski definition) is 2. The molecule has 130 valence electrons. The van der Waals surface area contributed by atoms with Crippen LogP contribution in [0.15, 0.2) is 43.2 Å². The van der Waals surface area contributed by atoms with Crippen LogP contribution in [0, 0.1) is 6.92 Å². The van der Waals surface area contributed by atoms with Gasteiger partial charge in [0.1, 0.15) is 29.7 Å². The molecule has 4 heterocycles. The third kappa shape index (κ3) is 3.08. The first-order chi connectivity index (χ1) is 12.7. The highest BCUT2D eigenvalue weighted by atomic mass is 127. The van der Waals surface area contributed by atoms with Crippen molar-refractivity contribution in [2.75, 3.05) is 11.1 Å². The third-order valence-electron chi connectivity index (χ3n) is 3.85. The van der Waals surface area contributed by atoms with Crippen molar-refractivity contribution < 1.29 is 0 Å². The average molecular weight is 476 g/mol. The molecule has 0 aromatic carbocycles. The van der Waals surface area contributed by atoms with E-state index in [4.69, 9.17) is 5.73 Å². The molecule has 0 saturated carbocycles. The van der Waals surface area contributed by atoms with E-state index in [1.165, 1.54) is 0 Å². The molecular weight excluding hydrogens is 462 g/mol. The number of aryl methyl sites for hydroxylation is 1. The van der Waals surface area contributed by atoms with Gasteiger partial charge < -0.3 is 11.1 Å². The molecule has 0 fully saturated rings. The summed E-state index contributed by atoms with van der Waals surface area (Å²) in [5.74, 6) is 0.662. The average Bonchev–Trinajstić information content (AvgIpc) is 3.08. The lowest BCUT2D eigenvalue weighted by Crippen LogP contribution is -2.01. The molecular formula is C16H14IN8P. The van der Waals surface area contributed by atoms with Gasteiger partial charge in [0.2, 0.25) is 0 Å². The Balaban J connectivity index is 1.84. The molecule has 10 heteroatoms. The van der Waals surface area contributed by atoms with Gasteiger partial charge in [-0.25, -0.2) is 19.9 Å². The summed E-state index contributed by atoms with van der Waals surface area (Å²) in [4.78, 5) is 22.1. The van der Waals surface area contributed by atoms with Crippen LogP contribution in [0.3, 0.4) is 0 Å². The predicted octanol–water partition coefficient (Wildman–Crippen LogP) is 3.71.